The average molecular weight is 285 g/mol. The van der Waals surface area contributed by atoms with E-state index in [9.17, 15) is 14.7 Å². The molecule has 1 aliphatic heterocycles. The van der Waals surface area contributed by atoms with Crippen molar-refractivity contribution in [2.24, 2.45) is 17.3 Å². The molecule has 20 heavy (non-hydrogen) atoms. The van der Waals surface area contributed by atoms with Crippen molar-refractivity contribution in [2.75, 3.05) is 26.8 Å². The van der Waals surface area contributed by atoms with Crippen molar-refractivity contribution in [2.45, 2.75) is 40.0 Å². The van der Waals surface area contributed by atoms with E-state index in [1.54, 1.807) is 18.9 Å². The highest BCUT2D eigenvalue weighted by atomic mass is 16.5. The van der Waals surface area contributed by atoms with Crippen LogP contribution in [0.15, 0.2) is 0 Å². The Hall–Kier alpha value is -1.10. The largest absolute Gasteiger partial charge is 0.481 e. The molecule has 1 amide bonds. The first kappa shape index (κ1) is 17.0. The van der Waals surface area contributed by atoms with Gasteiger partial charge in [-0.05, 0) is 31.6 Å². The smallest absolute Gasteiger partial charge is 0.310 e. The predicted octanol–water partition coefficient (Wildman–Crippen LogP) is 2.01. The minimum atomic E-state index is -0.995. The number of amides is 1. The second kappa shape index (κ2) is 7.07. The lowest BCUT2D eigenvalue weighted by Crippen LogP contribution is -2.45. The fourth-order valence-corrected chi connectivity index (χ4v) is 2.62. The van der Waals surface area contributed by atoms with Crippen LogP contribution >= 0.6 is 0 Å². The average Bonchev–Trinajstić information content (AvgIpc) is 2.38. The number of hydrogen-bond acceptors (Lipinski definition) is 3. The van der Waals surface area contributed by atoms with Crippen molar-refractivity contribution >= 4 is 11.9 Å². The maximum Gasteiger partial charge on any atom is 0.310 e. The van der Waals surface area contributed by atoms with Crippen LogP contribution < -0.4 is 0 Å². The Kier molecular flexibility index (Phi) is 5.99. The number of piperidine rings is 1. The molecule has 0 aromatic rings. The lowest BCUT2D eigenvalue weighted by Gasteiger charge is -2.36. The van der Waals surface area contributed by atoms with Crippen LogP contribution in [0.5, 0.6) is 0 Å². The highest BCUT2D eigenvalue weighted by Crippen LogP contribution is 2.32. The Labute approximate surface area is 121 Å². The number of likely N-dealkylation sites (tertiary alicyclic amines) is 1. The third kappa shape index (κ3) is 3.95. The SMILES string of the molecule is COCC1CCCN(C(=O)CC(C)(C(=O)O)C(C)C)C1. The first-order valence-corrected chi connectivity index (χ1v) is 7.31. The summed E-state index contributed by atoms with van der Waals surface area (Å²) in [4.78, 5) is 25.7. The minimum absolute atomic E-state index is 0.0515. The zero-order chi connectivity index (χ0) is 15.3. The topological polar surface area (TPSA) is 66.8 Å². The van der Waals surface area contributed by atoms with Gasteiger partial charge in [0.1, 0.15) is 0 Å². The maximum absolute atomic E-state index is 12.4. The van der Waals surface area contributed by atoms with E-state index in [0.717, 1.165) is 19.4 Å². The van der Waals surface area contributed by atoms with Gasteiger partial charge >= 0.3 is 5.97 Å². The molecule has 0 saturated carbocycles. The van der Waals surface area contributed by atoms with E-state index in [1.807, 2.05) is 13.8 Å². The van der Waals surface area contributed by atoms with Gasteiger partial charge in [0.25, 0.3) is 0 Å². The summed E-state index contributed by atoms with van der Waals surface area (Å²) in [5, 5.41) is 9.40. The molecule has 0 spiro atoms. The van der Waals surface area contributed by atoms with Crippen LogP contribution in [0.25, 0.3) is 0 Å². The van der Waals surface area contributed by atoms with Crippen molar-refractivity contribution < 1.29 is 19.4 Å². The summed E-state index contributed by atoms with van der Waals surface area (Å²) in [5.74, 6) is -0.660. The molecule has 0 aliphatic carbocycles. The monoisotopic (exact) mass is 285 g/mol. The van der Waals surface area contributed by atoms with Crippen LogP contribution in [-0.4, -0.2) is 48.7 Å². The molecule has 1 saturated heterocycles. The molecule has 1 N–H and O–H groups in total. The van der Waals surface area contributed by atoms with E-state index in [-0.39, 0.29) is 18.2 Å². The van der Waals surface area contributed by atoms with Crippen molar-refractivity contribution in [1.29, 1.82) is 0 Å². The molecule has 0 radical (unpaired) electrons. The first-order chi connectivity index (χ1) is 9.31. The molecule has 5 heteroatoms. The number of hydrogen-bond donors (Lipinski definition) is 1. The van der Waals surface area contributed by atoms with Gasteiger partial charge in [0, 0.05) is 26.6 Å². The van der Waals surface area contributed by atoms with Crippen LogP contribution in [0, 0.1) is 17.3 Å². The zero-order valence-corrected chi connectivity index (χ0v) is 13.0. The molecule has 0 aromatic carbocycles. The van der Waals surface area contributed by atoms with Gasteiger partial charge in [-0.15, -0.1) is 0 Å². The number of carbonyl (C=O) groups is 2. The third-order valence-corrected chi connectivity index (χ3v) is 4.56. The number of aliphatic carboxylic acids is 1. The Morgan fingerprint density at radius 3 is 2.60 bits per heavy atom. The van der Waals surface area contributed by atoms with E-state index in [1.165, 1.54) is 0 Å². The van der Waals surface area contributed by atoms with Gasteiger partial charge < -0.3 is 14.7 Å². The number of carboxylic acid groups (broad SMARTS) is 1. The fraction of sp³-hybridized carbons (Fsp3) is 0.867. The summed E-state index contributed by atoms with van der Waals surface area (Å²) in [6.07, 6.45) is 2.10. The van der Waals surface area contributed by atoms with Gasteiger partial charge in [0.2, 0.25) is 5.91 Å². The second-order valence-electron chi connectivity index (χ2n) is 6.36. The van der Waals surface area contributed by atoms with Crippen LogP contribution in [0.2, 0.25) is 0 Å². The molecular weight excluding hydrogens is 258 g/mol. The third-order valence-electron chi connectivity index (χ3n) is 4.56. The highest BCUT2D eigenvalue weighted by Gasteiger charge is 2.40. The summed E-state index contributed by atoms with van der Waals surface area (Å²) < 4.78 is 5.15. The summed E-state index contributed by atoms with van der Waals surface area (Å²) in [5.41, 5.74) is -0.995. The van der Waals surface area contributed by atoms with Gasteiger partial charge in [0.15, 0.2) is 0 Å². The van der Waals surface area contributed by atoms with E-state index < -0.39 is 11.4 Å². The van der Waals surface area contributed by atoms with Gasteiger partial charge in [-0.2, -0.15) is 0 Å². The molecule has 116 valence electrons. The van der Waals surface area contributed by atoms with Crippen molar-refractivity contribution in [3.63, 3.8) is 0 Å². The Balaban J connectivity index is 2.67. The minimum Gasteiger partial charge on any atom is -0.481 e. The van der Waals surface area contributed by atoms with Crippen molar-refractivity contribution in [3.8, 4) is 0 Å². The molecule has 2 unspecified atom stereocenters. The zero-order valence-electron chi connectivity index (χ0n) is 13.0. The Morgan fingerprint density at radius 2 is 2.10 bits per heavy atom. The molecule has 0 bridgehead atoms. The number of nitrogens with zero attached hydrogens (tertiary/aromatic N) is 1. The first-order valence-electron chi connectivity index (χ1n) is 7.31. The standard InChI is InChI=1S/C15H27NO4/c1-11(2)15(3,14(18)19)8-13(17)16-7-5-6-12(9-16)10-20-4/h11-12H,5-10H2,1-4H3,(H,18,19). The van der Waals surface area contributed by atoms with Crippen LogP contribution in [-0.2, 0) is 14.3 Å². The molecule has 5 nitrogen and oxygen atoms in total. The molecule has 1 fully saturated rings. The molecule has 1 heterocycles. The number of ether oxygens (including phenoxy) is 1. The molecule has 0 aromatic heterocycles. The maximum atomic E-state index is 12.4. The normalized spacial score (nSPS) is 22.6. The van der Waals surface area contributed by atoms with Gasteiger partial charge in [0.05, 0.1) is 12.0 Å². The van der Waals surface area contributed by atoms with Gasteiger partial charge in [-0.3, -0.25) is 9.59 Å². The Bertz CT molecular complexity index is 354. The molecule has 2 atom stereocenters. The van der Waals surface area contributed by atoms with E-state index >= 15 is 0 Å². The van der Waals surface area contributed by atoms with Gasteiger partial charge in [-0.1, -0.05) is 13.8 Å². The predicted molar refractivity (Wildman–Crippen MR) is 76.4 cm³/mol. The number of rotatable bonds is 6. The lowest BCUT2D eigenvalue weighted by molar-refractivity contribution is -0.156. The number of carboxylic acids is 1. The number of methoxy groups -OCH3 is 1. The highest BCUT2D eigenvalue weighted by molar-refractivity contribution is 5.85. The lowest BCUT2D eigenvalue weighted by atomic mass is 9.76. The van der Waals surface area contributed by atoms with E-state index in [4.69, 9.17) is 4.74 Å². The van der Waals surface area contributed by atoms with Crippen LogP contribution in [0.4, 0.5) is 0 Å². The molecule has 1 rings (SSSR count). The summed E-state index contributed by atoms with van der Waals surface area (Å²) in [6, 6.07) is 0. The fourth-order valence-electron chi connectivity index (χ4n) is 2.62. The van der Waals surface area contributed by atoms with E-state index in [2.05, 4.69) is 0 Å². The van der Waals surface area contributed by atoms with Gasteiger partial charge in [-0.25, -0.2) is 0 Å². The summed E-state index contributed by atoms with van der Waals surface area (Å²) in [6.45, 7) is 7.43. The van der Waals surface area contributed by atoms with Crippen LogP contribution in [0.3, 0.4) is 0 Å². The summed E-state index contributed by atoms with van der Waals surface area (Å²) >= 11 is 0. The summed E-state index contributed by atoms with van der Waals surface area (Å²) in [7, 11) is 1.67. The molecule has 1 aliphatic rings. The molecular formula is C15H27NO4. The van der Waals surface area contributed by atoms with E-state index in [0.29, 0.717) is 19.1 Å². The van der Waals surface area contributed by atoms with Crippen molar-refractivity contribution in [1.82, 2.24) is 4.90 Å². The number of carbonyl (C=O) groups excluding carboxylic acids is 1. The second-order valence-corrected chi connectivity index (χ2v) is 6.36. The van der Waals surface area contributed by atoms with Crippen LogP contribution in [0.1, 0.15) is 40.0 Å². The van der Waals surface area contributed by atoms with Crippen molar-refractivity contribution in [3.05, 3.63) is 0 Å². The quantitative estimate of drug-likeness (QED) is 0.810. The Morgan fingerprint density at radius 1 is 1.45 bits per heavy atom.